The van der Waals surface area contributed by atoms with Gasteiger partial charge in [-0.3, -0.25) is 0 Å². The second-order valence-corrected chi connectivity index (χ2v) is 5.06. The minimum absolute atomic E-state index is 0.182. The van der Waals surface area contributed by atoms with Crippen LogP contribution in [0, 0.1) is 17.5 Å². The van der Waals surface area contributed by atoms with E-state index < -0.39 is 22.8 Å². The number of hydrogen-bond acceptors (Lipinski definition) is 1. The molecule has 0 N–H and O–H groups in total. The molecule has 1 nitrogen and oxygen atoms in total. The Bertz CT molecular complexity index is 649. The Morgan fingerprint density at radius 1 is 1.00 bits per heavy atom. The minimum atomic E-state index is -1.49. The molecule has 0 bridgehead atoms. The molecule has 0 fully saturated rings. The first-order valence-electron chi connectivity index (χ1n) is 6.10. The molecule has 1 aliphatic heterocycles. The van der Waals surface area contributed by atoms with Crippen LogP contribution >= 0.6 is 11.6 Å². The predicted molar refractivity (Wildman–Crippen MR) is 69.7 cm³/mol. The Morgan fingerprint density at radius 2 is 1.70 bits per heavy atom. The van der Waals surface area contributed by atoms with Crippen molar-refractivity contribution in [3.8, 4) is 5.75 Å². The molecule has 0 saturated carbocycles. The maximum absolute atomic E-state index is 13.2. The zero-order valence-electron chi connectivity index (χ0n) is 10.3. The fourth-order valence-electron chi connectivity index (χ4n) is 2.28. The third-order valence-electron chi connectivity index (χ3n) is 3.30. The summed E-state index contributed by atoms with van der Waals surface area (Å²) in [4.78, 5) is 0. The minimum Gasteiger partial charge on any atom is -0.493 e. The molecule has 1 aliphatic rings. The molecular formula is C15H10ClF3O. The molecule has 20 heavy (non-hydrogen) atoms. The molecule has 1 unspecified atom stereocenters. The van der Waals surface area contributed by atoms with Crippen LogP contribution in [0.2, 0.25) is 0 Å². The zero-order valence-corrected chi connectivity index (χ0v) is 11.1. The molecule has 0 radical (unpaired) electrons. The van der Waals surface area contributed by atoms with Gasteiger partial charge in [-0.2, -0.15) is 0 Å². The lowest BCUT2D eigenvalue weighted by Crippen LogP contribution is -1.99. The molecule has 0 amide bonds. The number of ether oxygens (including phenoxy) is 1. The quantitative estimate of drug-likeness (QED) is 0.591. The molecule has 1 atom stereocenters. The van der Waals surface area contributed by atoms with Gasteiger partial charge in [0.2, 0.25) is 0 Å². The van der Waals surface area contributed by atoms with Gasteiger partial charge in [0.1, 0.15) is 5.75 Å². The van der Waals surface area contributed by atoms with E-state index in [0.29, 0.717) is 12.2 Å². The summed E-state index contributed by atoms with van der Waals surface area (Å²) in [5.74, 6) is -3.17. The van der Waals surface area contributed by atoms with Gasteiger partial charge in [0.05, 0.1) is 12.0 Å². The summed E-state index contributed by atoms with van der Waals surface area (Å²) in [5.41, 5.74) is 1.89. The van der Waals surface area contributed by atoms with E-state index in [9.17, 15) is 13.2 Å². The number of rotatable bonds is 2. The highest BCUT2D eigenvalue weighted by atomic mass is 35.5. The van der Waals surface area contributed by atoms with Gasteiger partial charge in [0.15, 0.2) is 17.5 Å². The highest BCUT2D eigenvalue weighted by Gasteiger charge is 2.19. The van der Waals surface area contributed by atoms with Crippen molar-refractivity contribution in [1.82, 2.24) is 0 Å². The number of halogens is 4. The second kappa shape index (κ2) is 5.02. The first-order chi connectivity index (χ1) is 9.56. The van der Waals surface area contributed by atoms with Crippen molar-refractivity contribution >= 4 is 11.6 Å². The molecule has 0 spiro atoms. The molecule has 1 heterocycles. The Balaban J connectivity index is 1.98. The van der Waals surface area contributed by atoms with Crippen LogP contribution in [-0.2, 0) is 6.42 Å². The first-order valence-corrected chi connectivity index (χ1v) is 6.54. The molecular weight excluding hydrogens is 289 g/mol. The summed E-state index contributed by atoms with van der Waals surface area (Å²) in [5, 5.41) is -0.745. The van der Waals surface area contributed by atoms with E-state index in [0.717, 1.165) is 29.9 Å². The monoisotopic (exact) mass is 298 g/mol. The van der Waals surface area contributed by atoms with Gasteiger partial charge >= 0.3 is 0 Å². The van der Waals surface area contributed by atoms with E-state index in [1.54, 1.807) is 12.1 Å². The summed E-state index contributed by atoms with van der Waals surface area (Å²) in [7, 11) is 0. The van der Waals surface area contributed by atoms with Gasteiger partial charge in [-0.15, -0.1) is 11.6 Å². The van der Waals surface area contributed by atoms with E-state index in [4.69, 9.17) is 16.3 Å². The lowest BCUT2D eigenvalue weighted by atomic mass is 10.0. The maximum Gasteiger partial charge on any atom is 0.194 e. The Labute approximate surface area is 118 Å². The van der Waals surface area contributed by atoms with Crippen LogP contribution < -0.4 is 4.74 Å². The van der Waals surface area contributed by atoms with E-state index in [-0.39, 0.29) is 5.56 Å². The molecule has 3 rings (SSSR count). The molecule has 104 valence electrons. The average Bonchev–Trinajstić information content (AvgIpc) is 2.90. The van der Waals surface area contributed by atoms with Crippen molar-refractivity contribution in [3.05, 3.63) is 64.5 Å². The van der Waals surface area contributed by atoms with Gasteiger partial charge in [-0.05, 0) is 34.9 Å². The first kappa shape index (κ1) is 13.3. The van der Waals surface area contributed by atoms with E-state index in [1.165, 1.54) is 0 Å². The van der Waals surface area contributed by atoms with Gasteiger partial charge in [0.25, 0.3) is 0 Å². The van der Waals surface area contributed by atoms with Crippen molar-refractivity contribution in [3.63, 3.8) is 0 Å². The van der Waals surface area contributed by atoms with Crippen LogP contribution in [0.15, 0.2) is 30.3 Å². The highest BCUT2D eigenvalue weighted by molar-refractivity contribution is 6.22. The van der Waals surface area contributed by atoms with E-state index in [2.05, 4.69) is 0 Å². The smallest absolute Gasteiger partial charge is 0.194 e. The molecule has 0 aliphatic carbocycles. The normalized spacial score (nSPS) is 14.8. The summed E-state index contributed by atoms with van der Waals surface area (Å²) in [6.07, 6.45) is 0.777. The SMILES string of the molecule is Fc1cc(C(Cl)c2ccc3c(c2)CCO3)cc(F)c1F. The third kappa shape index (κ3) is 2.24. The van der Waals surface area contributed by atoms with Crippen LogP contribution in [0.3, 0.4) is 0 Å². The molecule has 2 aromatic rings. The molecule has 0 saturated heterocycles. The number of hydrogen-bond donors (Lipinski definition) is 0. The van der Waals surface area contributed by atoms with E-state index >= 15 is 0 Å². The van der Waals surface area contributed by atoms with Crippen molar-refractivity contribution in [2.75, 3.05) is 6.61 Å². The topological polar surface area (TPSA) is 9.23 Å². The second-order valence-electron chi connectivity index (χ2n) is 4.63. The van der Waals surface area contributed by atoms with Crippen LogP contribution in [0.4, 0.5) is 13.2 Å². The highest BCUT2D eigenvalue weighted by Crippen LogP contribution is 2.34. The number of fused-ring (bicyclic) bond motifs is 1. The van der Waals surface area contributed by atoms with Gasteiger partial charge in [0, 0.05) is 6.42 Å². The lowest BCUT2D eigenvalue weighted by Gasteiger charge is -2.12. The van der Waals surface area contributed by atoms with Crippen molar-refractivity contribution in [2.24, 2.45) is 0 Å². The Morgan fingerprint density at radius 3 is 2.40 bits per heavy atom. The van der Waals surface area contributed by atoms with Crippen LogP contribution in [0.5, 0.6) is 5.75 Å². The predicted octanol–water partition coefficient (Wildman–Crippen LogP) is 4.37. The van der Waals surface area contributed by atoms with Crippen molar-refractivity contribution in [1.29, 1.82) is 0 Å². The summed E-state index contributed by atoms with van der Waals surface area (Å²) < 4.78 is 44.8. The number of alkyl halides is 1. The summed E-state index contributed by atoms with van der Waals surface area (Å²) >= 11 is 6.23. The molecule has 2 aromatic carbocycles. The van der Waals surface area contributed by atoms with Crippen molar-refractivity contribution < 1.29 is 17.9 Å². The lowest BCUT2D eigenvalue weighted by molar-refractivity contribution is 0.357. The van der Waals surface area contributed by atoms with Gasteiger partial charge < -0.3 is 4.74 Å². The fourth-order valence-corrected chi connectivity index (χ4v) is 2.54. The molecule has 5 heteroatoms. The maximum atomic E-state index is 13.2. The zero-order chi connectivity index (χ0) is 14.3. The summed E-state index contributed by atoms with van der Waals surface area (Å²) in [6.45, 7) is 0.617. The van der Waals surface area contributed by atoms with Gasteiger partial charge in [-0.1, -0.05) is 12.1 Å². The third-order valence-corrected chi connectivity index (χ3v) is 3.81. The van der Waals surface area contributed by atoms with Crippen LogP contribution in [0.25, 0.3) is 0 Å². The Kier molecular flexibility index (Phi) is 3.34. The fraction of sp³-hybridized carbons (Fsp3) is 0.200. The van der Waals surface area contributed by atoms with Crippen LogP contribution in [-0.4, -0.2) is 6.61 Å². The standard InChI is InChI=1S/C15H10ClF3O/c16-14(10-6-11(17)15(19)12(18)7-10)9-1-2-13-8(5-9)3-4-20-13/h1-2,5-7,14H,3-4H2. The van der Waals surface area contributed by atoms with Gasteiger partial charge in [-0.25, -0.2) is 13.2 Å². The van der Waals surface area contributed by atoms with E-state index in [1.807, 2.05) is 6.07 Å². The van der Waals surface area contributed by atoms with Crippen molar-refractivity contribution in [2.45, 2.75) is 11.8 Å². The summed E-state index contributed by atoms with van der Waals surface area (Å²) in [6, 6.07) is 7.20. The average molecular weight is 299 g/mol. The number of benzene rings is 2. The Hall–Kier alpha value is -1.68. The largest absolute Gasteiger partial charge is 0.493 e. The molecule has 0 aromatic heterocycles. The van der Waals surface area contributed by atoms with Crippen LogP contribution in [0.1, 0.15) is 22.1 Å².